The topological polar surface area (TPSA) is 210 Å². The lowest BCUT2D eigenvalue weighted by atomic mass is 10.1. The summed E-state index contributed by atoms with van der Waals surface area (Å²) in [7, 11) is 0. The lowest BCUT2D eigenvalue weighted by Crippen LogP contribution is -2.51. The van der Waals surface area contributed by atoms with E-state index in [2.05, 4.69) is 20.6 Å². The molecule has 15 nitrogen and oxygen atoms in total. The second kappa shape index (κ2) is 10.2. The van der Waals surface area contributed by atoms with Crippen LogP contribution in [0.15, 0.2) is 31.6 Å². The summed E-state index contributed by atoms with van der Waals surface area (Å²) in [6.45, 7) is 2.21. The van der Waals surface area contributed by atoms with Gasteiger partial charge in [0, 0.05) is 36.4 Å². The minimum atomic E-state index is -0.824. The van der Waals surface area contributed by atoms with Crippen molar-refractivity contribution in [1.29, 1.82) is 0 Å². The molecule has 0 unspecified atom stereocenters. The van der Waals surface area contributed by atoms with Crippen molar-refractivity contribution in [3.05, 3.63) is 65.2 Å². The number of ether oxygens (including phenoxy) is 2. The van der Waals surface area contributed by atoms with Crippen molar-refractivity contribution >= 4 is 6.03 Å². The van der Waals surface area contributed by atoms with Gasteiger partial charge in [-0.3, -0.25) is 28.7 Å². The lowest BCUT2D eigenvalue weighted by Gasteiger charge is -2.21. The second-order valence-electron chi connectivity index (χ2n) is 8.88. The zero-order valence-electron chi connectivity index (χ0n) is 19.6. The van der Waals surface area contributed by atoms with E-state index in [1.165, 1.54) is 35.4 Å². The number of aliphatic hydroxyl groups excluding tert-OH is 2. The number of aryl methyl sites for hydroxylation is 2. The Morgan fingerprint density at radius 2 is 1.25 bits per heavy atom. The summed E-state index contributed by atoms with van der Waals surface area (Å²) in [5.41, 5.74) is -1.78. The molecule has 2 fully saturated rings. The average Bonchev–Trinajstić information content (AvgIpc) is 3.42. The summed E-state index contributed by atoms with van der Waals surface area (Å²) in [6.07, 6.45) is -0.291. The summed E-state index contributed by atoms with van der Waals surface area (Å²) >= 11 is 0. The molecular weight excluding hydrogens is 480 g/mol. The number of rotatable bonds is 6. The van der Waals surface area contributed by atoms with Crippen LogP contribution in [0, 0.1) is 13.8 Å². The second-order valence-corrected chi connectivity index (χ2v) is 8.88. The molecule has 0 saturated carbocycles. The third-order valence-corrected chi connectivity index (χ3v) is 6.38. The van der Waals surface area contributed by atoms with Gasteiger partial charge in [0.15, 0.2) is 0 Å². The summed E-state index contributed by atoms with van der Waals surface area (Å²) in [4.78, 5) is 64.8. The van der Waals surface area contributed by atoms with Crippen LogP contribution < -0.4 is 33.1 Å². The Morgan fingerprint density at radius 1 is 0.861 bits per heavy atom. The van der Waals surface area contributed by atoms with Gasteiger partial charge in [0.1, 0.15) is 24.7 Å². The molecule has 2 aromatic heterocycles. The first-order valence-electron chi connectivity index (χ1n) is 11.3. The van der Waals surface area contributed by atoms with Gasteiger partial charge >= 0.3 is 17.4 Å². The van der Waals surface area contributed by atoms with E-state index in [1.807, 2.05) is 0 Å². The van der Waals surface area contributed by atoms with E-state index in [1.54, 1.807) is 0 Å². The predicted molar refractivity (Wildman–Crippen MR) is 123 cm³/mol. The number of aromatic amines is 2. The average molecular weight is 508 g/mol. The fourth-order valence-electron chi connectivity index (χ4n) is 4.42. The molecule has 4 heterocycles. The molecule has 4 rings (SSSR count). The number of amides is 2. The number of H-pyrrole nitrogens is 2. The zero-order chi connectivity index (χ0) is 26.1. The SMILES string of the molecule is Cc1cn([C@H]2C[C@H](NC(=O)N[C@H]3C[C@H](n4cc(C)c(=O)[nH]c4=O)O[C@@H]3CO)[C@@H](CO)O2)c(=O)[nH]c1=O. The maximum Gasteiger partial charge on any atom is 0.330 e. The van der Waals surface area contributed by atoms with Gasteiger partial charge in [-0.2, -0.15) is 0 Å². The molecule has 15 heteroatoms. The largest absolute Gasteiger partial charge is 0.394 e. The molecule has 0 bridgehead atoms. The number of nitrogens with one attached hydrogen (secondary N) is 4. The number of urea groups is 1. The summed E-state index contributed by atoms with van der Waals surface area (Å²) < 4.78 is 13.8. The van der Waals surface area contributed by atoms with Crippen molar-refractivity contribution in [3.63, 3.8) is 0 Å². The van der Waals surface area contributed by atoms with E-state index in [0.717, 1.165) is 0 Å². The fourth-order valence-corrected chi connectivity index (χ4v) is 4.42. The van der Waals surface area contributed by atoms with Crippen molar-refractivity contribution in [2.75, 3.05) is 13.2 Å². The van der Waals surface area contributed by atoms with Crippen LogP contribution in [0.4, 0.5) is 4.79 Å². The summed E-state index contributed by atoms with van der Waals surface area (Å²) in [6, 6.07) is -1.98. The number of carbonyl (C=O) groups excluding carboxylic acids is 1. The Kier molecular flexibility index (Phi) is 7.26. The number of aliphatic hydroxyl groups is 2. The fraction of sp³-hybridized carbons (Fsp3) is 0.571. The van der Waals surface area contributed by atoms with E-state index < -0.39 is 78.5 Å². The Labute approximate surface area is 202 Å². The highest BCUT2D eigenvalue weighted by Gasteiger charge is 2.40. The first kappa shape index (κ1) is 25.6. The van der Waals surface area contributed by atoms with Gasteiger partial charge in [0.2, 0.25) is 0 Å². The molecule has 0 aromatic carbocycles. The van der Waals surface area contributed by atoms with Crippen LogP contribution in [0.3, 0.4) is 0 Å². The lowest BCUT2D eigenvalue weighted by molar-refractivity contribution is -0.0295. The molecule has 36 heavy (non-hydrogen) atoms. The van der Waals surface area contributed by atoms with Crippen molar-refractivity contribution in [1.82, 2.24) is 29.7 Å². The van der Waals surface area contributed by atoms with Crippen molar-refractivity contribution < 1.29 is 24.5 Å². The standard InChI is InChI=1S/C21H28N6O9/c1-9-5-26(20(33)24-17(9)30)15-3-11(13(7-28)35-15)22-19(32)23-12-4-16(36-14(12)8-29)27-6-10(2)18(31)25-21(27)34/h5-6,11-16,28-29H,3-4,7-8H2,1-2H3,(H2,22,23,32)(H,24,30,33)(H,25,31,34)/t11-,12-,13+,14+,15+,16+/m0/s1. The van der Waals surface area contributed by atoms with E-state index >= 15 is 0 Å². The van der Waals surface area contributed by atoms with Gasteiger partial charge in [-0.25, -0.2) is 14.4 Å². The van der Waals surface area contributed by atoms with Crippen LogP contribution in [0.25, 0.3) is 0 Å². The van der Waals surface area contributed by atoms with Gasteiger partial charge in [0.05, 0.1) is 25.3 Å². The number of aromatic nitrogens is 4. The van der Waals surface area contributed by atoms with Crippen molar-refractivity contribution in [2.45, 2.75) is 63.4 Å². The van der Waals surface area contributed by atoms with E-state index in [-0.39, 0.29) is 12.8 Å². The van der Waals surface area contributed by atoms with E-state index in [9.17, 15) is 34.2 Å². The highest BCUT2D eigenvalue weighted by molar-refractivity contribution is 5.74. The summed E-state index contributed by atoms with van der Waals surface area (Å²) in [5.74, 6) is 0. The van der Waals surface area contributed by atoms with Crippen LogP contribution in [-0.2, 0) is 9.47 Å². The molecule has 0 radical (unpaired) electrons. The number of nitrogens with zero attached hydrogens (tertiary/aromatic N) is 2. The number of hydrogen-bond acceptors (Lipinski definition) is 9. The van der Waals surface area contributed by atoms with Gasteiger partial charge in [-0.1, -0.05) is 0 Å². The molecule has 2 aliphatic rings. The molecular formula is C21H28N6O9. The predicted octanol–water partition coefficient (Wildman–Crippen LogP) is -2.70. The highest BCUT2D eigenvalue weighted by atomic mass is 16.5. The first-order valence-corrected chi connectivity index (χ1v) is 11.3. The summed E-state index contributed by atoms with van der Waals surface area (Å²) in [5, 5.41) is 24.9. The van der Waals surface area contributed by atoms with Gasteiger partial charge in [-0.05, 0) is 13.8 Å². The molecule has 2 aromatic rings. The zero-order valence-corrected chi connectivity index (χ0v) is 19.6. The van der Waals surface area contributed by atoms with Crippen LogP contribution in [0.5, 0.6) is 0 Å². The van der Waals surface area contributed by atoms with Crippen LogP contribution >= 0.6 is 0 Å². The Morgan fingerprint density at radius 3 is 1.61 bits per heavy atom. The smallest absolute Gasteiger partial charge is 0.330 e. The van der Waals surface area contributed by atoms with Crippen molar-refractivity contribution in [3.8, 4) is 0 Å². The monoisotopic (exact) mass is 508 g/mol. The van der Waals surface area contributed by atoms with Crippen LogP contribution in [0.2, 0.25) is 0 Å². The van der Waals surface area contributed by atoms with Gasteiger partial charge in [0.25, 0.3) is 11.1 Å². The molecule has 2 amide bonds. The van der Waals surface area contributed by atoms with Gasteiger partial charge in [-0.15, -0.1) is 0 Å². The van der Waals surface area contributed by atoms with Crippen LogP contribution in [-0.4, -0.2) is 72.9 Å². The van der Waals surface area contributed by atoms with E-state index in [0.29, 0.717) is 11.1 Å². The molecule has 0 aliphatic carbocycles. The Hall–Kier alpha value is -3.53. The maximum absolute atomic E-state index is 12.8. The van der Waals surface area contributed by atoms with Gasteiger partial charge < -0.3 is 30.3 Å². The Balaban J connectivity index is 1.43. The molecule has 0 spiro atoms. The molecule has 2 saturated heterocycles. The van der Waals surface area contributed by atoms with Crippen molar-refractivity contribution in [2.24, 2.45) is 0 Å². The quantitative estimate of drug-likeness (QED) is 0.239. The number of carbonyl (C=O) groups is 1. The first-order chi connectivity index (χ1) is 17.1. The number of hydrogen-bond donors (Lipinski definition) is 6. The normalized spacial score (nSPS) is 27.8. The minimum Gasteiger partial charge on any atom is -0.394 e. The van der Waals surface area contributed by atoms with Crippen LogP contribution in [0.1, 0.15) is 36.4 Å². The molecule has 6 N–H and O–H groups in total. The third kappa shape index (κ3) is 5.04. The third-order valence-electron chi connectivity index (χ3n) is 6.38. The molecule has 196 valence electrons. The minimum absolute atomic E-state index is 0.142. The van der Waals surface area contributed by atoms with E-state index in [4.69, 9.17) is 9.47 Å². The Bertz CT molecular complexity index is 1260. The highest BCUT2D eigenvalue weighted by Crippen LogP contribution is 2.29. The molecule has 6 atom stereocenters. The maximum atomic E-state index is 12.8. The molecule has 2 aliphatic heterocycles.